The molecule has 1 aliphatic carbocycles. The third-order valence-corrected chi connectivity index (χ3v) is 6.19. The number of hydrogen-bond acceptors (Lipinski definition) is 3. The Balaban J connectivity index is 1.74. The van der Waals surface area contributed by atoms with E-state index in [1.807, 2.05) is 11.3 Å². The van der Waals surface area contributed by atoms with E-state index >= 15 is 0 Å². The maximum absolute atomic E-state index is 3.89. The highest BCUT2D eigenvalue weighted by atomic mass is 32.1. The van der Waals surface area contributed by atoms with Crippen LogP contribution in [0, 0.1) is 11.8 Å². The van der Waals surface area contributed by atoms with E-state index in [9.17, 15) is 0 Å². The summed E-state index contributed by atoms with van der Waals surface area (Å²) >= 11 is 1.82. The Morgan fingerprint density at radius 3 is 2.90 bits per heavy atom. The number of rotatable bonds is 5. The third-order valence-electron chi connectivity index (χ3n) is 5.46. The van der Waals surface area contributed by atoms with E-state index in [1.165, 1.54) is 31.4 Å². The fourth-order valence-electron chi connectivity index (χ4n) is 3.68. The monoisotopic (exact) mass is 292 g/mol. The molecule has 1 N–H and O–H groups in total. The van der Waals surface area contributed by atoms with Crippen LogP contribution in [-0.2, 0) is 6.54 Å². The Morgan fingerprint density at radius 1 is 1.50 bits per heavy atom. The second-order valence-corrected chi connectivity index (χ2v) is 7.84. The van der Waals surface area contributed by atoms with Crippen LogP contribution in [0.25, 0.3) is 0 Å². The van der Waals surface area contributed by atoms with Crippen LogP contribution in [0.2, 0.25) is 0 Å². The Bertz CT molecular complexity index is 426. The number of thiophene rings is 1. The van der Waals surface area contributed by atoms with Gasteiger partial charge < -0.3 is 5.32 Å². The van der Waals surface area contributed by atoms with E-state index in [2.05, 4.69) is 47.8 Å². The Labute approximate surface area is 127 Å². The first-order valence-electron chi connectivity index (χ1n) is 8.12. The molecule has 0 amide bonds. The summed E-state index contributed by atoms with van der Waals surface area (Å²) in [6, 6.07) is 2.97. The minimum Gasteiger partial charge on any atom is -0.308 e. The topological polar surface area (TPSA) is 15.3 Å². The normalized spacial score (nSPS) is 33.2. The lowest BCUT2D eigenvalue weighted by atomic mass is 9.86. The van der Waals surface area contributed by atoms with Crippen molar-refractivity contribution in [3.8, 4) is 0 Å². The molecule has 0 bridgehead atoms. The molecular formula is C17H28N2S. The van der Waals surface area contributed by atoms with Gasteiger partial charge in [-0.3, -0.25) is 4.90 Å². The summed E-state index contributed by atoms with van der Waals surface area (Å²) in [6.07, 6.45) is 4.11. The third kappa shape index (κ3) is 2.95. The van der Waals surface area contributed by atoms with E-state index in [1.54, 1.807) is 0 Å². The van der Waals surface area contributed by atoms with Gasteiger partial charge in [0.05, 0.1) is 0 Å². The summed E-state index contributed by atoms with van der Waals surface area (Å²) in [7, 11) is 0. The van der Waals surface area contributed by atoms with E-state index < -0.39 is 0 Å². The molecule has 112 valence electrons. The summed E-state index contributed by atoms with van der Waals surface area (Å²) in [5.74, 6) is 1.68. The second kappa shape index (κ2) is 5.78. The van der Waals surface area contributed by atoms with Crippen LogP contribution in [0.3, 0.4) is 0 Å². The van der Waals surface area contributed by atoms with Crippen LogP contribution < -0.4 is 5.32 Å². The molecule has 2 aliphatic rings. The molecule has 0 aromatic carbocycles. The maximum Gasteiger partial charge on any atom is 0.0309 e. The number of hydrogen-bond donors (Lipinski definition) is 1. The van der Waals surface area contributed by atoms with Gasteiger partial charge in [0.25, 0.3) is 0 Å². The van der Waals surface area contributed by atoms with Gasteiger partial charge in [-0.05, 0) is 54.0 Å². The zero-order valence-electron chi connectivity index (χ0n) is 13.1. The van der Waals surface area contributed by atoms with Gasteiger partial charge >= 0.3 is 0 Å². The van der Waals surface area contributed by atoms with Gasteiger partial charge in [-0.2, -0.15) is 11.3 Å². The predicted molar refractivity (Wildman–Crippen MR) is 87.1 cm³/mol. The second-order valence-electron chi connectivity index (χ2n) is 7.06. The Hall–Kier alpha value is -0.380. The van der Waals surface area contributed by atoms with Crippen LogP contribution in [0.1, 0.15) is 45.6 Å². The summed E-state index contributed by atoms with van der Waals surface area (Å²) in [6.45, 7) is 10.7. The molecule has 1 aliphatic heterocycles. The van der Waals surface area contributed by atoms with Gasteiger partial charge in [-0.15, -0.1) is 0 Å². The molecule has 1 saturated heterocycles. The molecule has 2 heterocycles. The van der Waals surface area contributed by atoms with Crippen molar-refractivity contribution < 1.29 is 0 Å². The zero-order valence-corrected chi connectivity index (χ0v) is 13.9. The molecule has 2 fully saturated rings. The van der Waals surface area contributed by atoms with Gasteiger partial charge in [-0.25, -0.2) is 0 Å². The van der Waals surface area contributed by atoms with Crippen LogP contribution in [0.15, 0.2) is 16.8 Å². The molecule has 20 heavy (non-hydrogen) atoms. The fourth-order valence-corrected chi connectivity index (χ4v) is 4.34. The highest BCUT2D eigenvalue weighted by Crippen LogP contribution is 2.42. The van der Waals surface area contributed by atoms with Crippen LogP contribution in [0.5, 0.6) is 0 Å². The van der Waals surface area contributed by atoms with Crippen molar-refractivity contribution in [2.24, 2.45) is 11.8 Å². The molecule has 2 nitrogen and oxygen atoms in total. The molecular weight excluding hydrogens is 264 g/mol. The van der Waals surface area contributed by atoms with E-state index in [0.717, 1.165) is 24.9 Å². The van der Waals surface area contributed by atoms with Gasteiger partial charge in [0.2, 0.25) is 0 Å². The fraction of sp³-hybridized carbons (Fsp3) is 0.765. The SMILES string of the molecule is CCC(C)C1CNC(C)(C2CC2)CN1Cc1ccsc1. The standard InChI is InChI=1S/C17H28N2S/c1-4-13(2)16-9-18-17(3,15-5-6-15)12-19(16)10-14-7-8-20-11-14/h7-8,11,13,15-16,18H,4-6,9-10,12H2,1-3H3. The number of piperazine rings is 1. The largest absolute Gasteiger partial charge is 0.308 e. The van der Waals surface area contributed by atoms with E-state index in [0.29, 0.717) is 11.6 Å². The van der Waals surface area contributed by atoms with Gasteiger partial charge in [0.1, 0.15) is 0 Å². The average molecular weight is 292 g/mol. The molecule has 3 atom stereocenters. The minimum absolute atomic E-state index is 0.347. The van der Waals surface area contributed by atoms with Gasteiger partial charge in [0.15, 0.2) is 0 Å². The summed E-state index contributed by atoms with van der Waals surface area (Å²) in [4.78, 5) is 2.76. The van der Waals surface area contributed by atoms with Crippen LogP contribution in [0.4, 0.5) is 0 Å². The molecule has 0 radical (unpaired) electrons. The molecule has 3 unspecified atom stereocenters. The smallest absolute Gasteiger partial charge is 0.0309 e. The lowest BCUT2D eigenvalue weighted by molar-refractivity contribution is 0.0414. The predicted octanol–water partition coefficient (Wildman–Crippen LogP) is 3.74. The molecule has 0 spiro atoms. The minimum atomic E-state index is 0.347. The van der Waals surface area contributed by atoms with Crippen LogP contribution in [-0.4, -0.2) is 29.6 Å². The summed E-state index contributed by atoms with van der Waals surface area (Å²) in [5.41, 5.74) is 1.84. The first-order valence-corrected chi connectivity index (χ1v) is 9.07. The first kappa shape index (κ1) is 14.6. The lowest BCUT2D eigenvalue weighted by Crippen LogP contribution is -2.64. The summed E-state index contributed by atoms with van der Waals surface area (Å²) in [5, 5.41) is 8.41. The first-order chi connectivity index (χ1) is 9.62. The molecule has 3 rings (SSSR count). The Kier molecular flexibility index (Phi) is 4.21. The molecule has 1 aromatic rings. The average Bonchev–Trinajstić information content (AvgIpc) is 3.19. The molecule has 3 heteroatoms. The molecule has 1 saturated carbocycles. The zero-order chi connectivity index (χ0) is 14.2. The highest BCUT2D eigenvalue weighted by molar-refractivity contribution is 7.07. The van der Waals surface area contributed by atoms with Crippen molar-refractivity contribution >= 4 is 11.3 Å². The number of nitrogens with zero attached hydrogens (tertiary/aromatic N) is 1. The quantitative estimate of drug-likeness (QED) is 0.889. The van der Waals surface area contributed by atoms with E-state index in [-0.39, 0.29) is 0 Å². The summed E-state index contributed by atoms with van der Waals surface area (Å²) < 4.78 is 0. The Morgan fingerprint density at radius 2 is 2.30 bits per heavy atom. The van der Waals surface area contributed by atoms with Crippen LogP contribution >= 0.6 is 11.3 Å². The van der Waals surface area contributed by atoms with Gasteiger partial charge in [0, 0.05) is 31.2 Å². The maximum atomic E-state index is 3.89. The van der Waals surface area contributed by atoms with Crippen molar-refractivity contribution in [1.29, 1.82) is 0 Å². The van der Waals surface area contributed by atoms with Gasteiger partial charge in [-0.1, -0.05) is 20.3 Å². The van der Waals surface area contributed by atoms with Crippen molar-refractivity contribution in [2.45, 2.75) is 58.2 Å². The number of nitrogens with one attached hydrogen (secondary N) is 1. The van der Waals surface area contributed by atoms with Crippen molar-refractivity contribution in [2.75, 3.05) is 13.1 Å². The van der Waals surface area contributed by atoms with E-state index in [4.69, 9.17) is 0 Å². The van der Waals surface area contributed by atoms with Crippen molar-refractivity contribution in [1.82, 2.24) is 10.2 Å². The highest BCUT2D eigenvalue weighted by Gasteiger charge is 2.46. The van der Waals surface area contributed by atoms with Crippen molar-refractivity contribution in [3.63, 3.8) is 0 Å². The lowest BCUT2D eigenvalue weighted by Gasteiger charge is -2.48. The molecule has 1 aromatic heterocycles. The van der Waals surface area contributed by atoms with Crippen molar-refractivity contribution in [3.05, 3.63) is 22.4 Å².